The molecule has 3 N–H and O–H groups in total. The van der Waals surface area contributed by atoms with E-state index < -0.39 is 22.2 Å². The van der Waals surface area contributed by atoms with Gasteiger partial charge in [0.1, 0.15) is 4.90 Å². The minimum absolute atomic E-state index is 0.106. The van der Waals surface area contributed by atoms with Gasteiger partial charge < -0.3 is 10.4 Å². The Hall–Kier alpha value is -0.960. The first-order chi connectivity index (χ1) is 7.53. The van der Waals surface area contributed by atoms with Gasteiger partial charge in [-0.05, 0) is 0 Å². The largest absolute Gasteiger partial charge is 0.390 e. The van der Waals surface area contributed by atoms with Gasteiger partial charge in [-0.3, -0.25) is 5.10 Å². The molecule has 90 valence electrons. The van der Waals surface area contributed by atoms with Crippen LogP contribution in [0.3, 0.4) is 0 Å². The number of β-amino-alcohol motifs (C(OH)–C–C–N with tert-alkyl or cyclic N) is 1. The van der Waals surface area contributed by atoms with E-state index in [1.165, 1.54) is 23.7 Å². The lowest BCUT2D eigenvalue weighted by atomic mass is 10.2. The number of hydrogen-bond acceptors (Lipinski definition) is 5. The van der Waals surface area contributed by atoms with E-state index >= 15 is 0 Å². The lowest BCUT2D eigenvalue weighted by Crippen LogP contribution is -2.44. The van der Waals surface area contributed by atoms with E-state index in [2.05, 4.69) is 15.5 Å². The topological polar surface area (TPSA) is 98.3 Å². The molecule has 1 aromatic heterocycles. The molecule has 0 bridgehead atoms. The van der Waals surface area contributed by atoms with E-state index in [1.54, 1.807) is 0 Å². The maximum absolute atomic E-state index is 12.1. The Morgan fingerprint density at radius 1 is 1.56 bits per heavy atom. The fourth-order valence-corrected chi connectivity index (χ4v) is 3.04. The summed E-state index contributed by atoms with van der Waals surface area (Å²) < 4.78 is 25.3. The first kappa shape index (κ1) is 11.5. The number of aromatic nitrogens is 2. The van der Waals surface area contributed by atoms with Crippen molar-refractivity contribution >= 4 is 10.0 Å². The first-order valence-electron chi connectivity index (χ1n) is 4.89. The molecule has 1 saturated heterocycles. The average molecular weight is 246 g/mol. The Balaban J connectivity index is 2.24. The number of H-pyrrole nitrogens is 1. The number of aromatic amines is 1. The van der Waals surface area contributed by atoms with Crippen LogP contribution in [0.1, 0.15) is 0 Å². The third-order valence-electron chi connectivity index (χ3n) is 2.77. The van der Waals surface area contributed by atoms with Crippen LogP contribution in [-0.4, -0.2) is 60.3 Å². The Bertz CT molecular complexity index is 444. The van der Waals surface area contributed by atoms with Crippen molar-refractivity contribution in [2.75, 3.05) is 20.1 Å². The third-order valence-corrected chi connectivity index (χ3v) is 4.62. The van der Waals surface area contributed by atoms with Crippen LogP contribution in [0.15, 0.2) is 17.3 Å². The quantitative estimate of drug-likeness (QED) is 0.594. The summed E-state index contributed by atoms with van der Waals surface area (Å²) >= 11 is 0. The summed E-state index contributed by atoms with van der Waals surface area (Å²) in [5.74, 6) is 0. The number of aliphatic hydroxyl groups excluding tert-OH is 1. The van der Waals surface area contributed by atoms with E-state index in [1.807, 2.05) is 0 Å². The van der Waals surface area contributed by atoms with Crippen LogP contribution in [0.4, 0.5) is 0 Å². The number of aliphatic hydroxyl groups is 1. The molecule has 0 aliphatic carbocycles. The number of likely N-dealkylation sites (N-methyl/N-ethyl adjacent to an activating group) is 1. The third kappa shape index (κ3) is 1.84. The lowest BCUT2D eigenvalue weighted by Gasteiger charge is -2.24. The van der Waals surface area contributed by atoms with Gasteiger partial charge in [0.2, 0.25) is 10.0 Å². The molecule has 0 amide bonds. The predicted molar refractivity (Wildman–Crippen MR) is 56.2 cm³/mol. The molecule has 7 nitrogen and oxygen atoms in total. The van der Waals surface area contributed by atoms with Gasteiger partial charge >= 0.3 is 0 Å². The highest BCUT2D eigenvalue weighted by molar-refractivity contribution is 7.89. The van der Waals surface area contributed by atoms with E-state index in [-0.39, 0.29) is 4.90 Å². The highest BCUT2D eigenvalue weighted by Gasteiger charge is 2.35. The Kier molecular flexibility index (Phi) is 2.98. The van der Waals surface area contributed by atoms with Crippen molar-refractivity contribution in [3.8, 4) is 0 Å². The maximum Gasteiger partial charge on any atom is 0.246 e. The molecular formula is C8H14N4O3S. The second-order valence-corrected chi connectivity index (χ2v) is 5.75. The van der Waals surface area contributed by atoms with Crippen molar-refractivity contribution in [3.63, 3.8) is 0 Å². The smallest absolute Gasteiger partial charge is 0.246 e. The number of hydrogen-bond donors (Lipinski definition) is 3. The molecule has 1 aromatic rings. The van der Waals surface area contributed by atoms with Gasteiger partial charge in [0.05, 0.1) is 18.3 Å². The summed E-state index contributed by atoms with van der Waals surface area (Å²) in [5, 5.41) is 18.6. The molecule has 0 spiro atoms. The first-order valence-corrected chi connectivity index (χ1v) is 6.33. The van der Waals surface area contributed by atoms with Gasteiger partial charge in [0.25, 0.3) is 0 Å². The zero-order valence-electron chi connectivity index (χ0n) is 8.79. The van der Waals surface area contributed by atoms with Gasteiger partial charge in [-0.15, -0.1) is 0 Å². The molecule has 1 fully saturated rings. The summed E-state index contributed by atoms with van der Waals surface area (Å²) in [6, 6.07) is -0.431. The van der Waals surface area contributed by atoms with Crippen molar-refractivity contribution in [1.82, 2.24) is 19.8 Å². The summed E-state index contributed by atoms with van der Waals surface area (Å²) in [6.45, 7) is 0.866. The number of nitrogens with zero attached hydrogens (tertiary/aromatic N) is 2. The summed E-state index contributed by atoms with van der Waals surface area (Å²) in [7, 11) is -2.11. The van der Waals surface area contributed by atoms with Crippen molar-refractivity contribution in [1.29, 1.82) is 0 Å². The molecule has 2 rings (SSSR count). The van der Waals surface area contributed by atoms with Crippen LogP contribution in [-0.2, 0) is 10.0 Å². The maximum atomic E-state index is 12.1. The highest BCUT2D eigenvalue weighted by atomic mass is 32.2. The zero-order chi connectivity index (χ0) is 11.8. The van der Waals surface area contributed by atoms with E-state index in [0.717, 1.165) is 0 Å². The molecule has 16 heavy (non-hydrogen) atoms. The molecule has 0 aromatic carbocycles. The fraction of sp³-hybridized carbons (Fsp3) is 0.625. The Morgan fingerprint density at radius 3 is 2.81 bits per heavy atom. The minimum atomic E-state index is -3.57. The zero-order valence-corrected chi connectivity index (χ0v) is 9.61. The van der Waals surface area contributed by atoms with Crippen molar-refractivity contribution in [2.24, 2.45) is 0 Å². The van der Waals surface area contributed by atoms with Gasteiger partial charge in [-0.1, -0.05) is 0 Å². The predicted octanol–water partition coefficient (Wildman–Crippen LogP) is -1.64. The van der Waals surface area contributed by atoms with Gasteiger partial charge in [0.15, 0.2) is 0 Å². The van der Waals surface area contributed by atoms with Gasteiger partial charge in [-0.25, -0.2) is 8.42 Å². The van der Waals surface area contributed by atoms with Crippen LogP contribution in [0.25, 0.3) is 0 Å². The molecule has 2 atom stereocenters. The highest BCUT2D eigenvalue weighted by Crippen LogP contribution is 2.18. The van der Waals surface area contributed by atoms with Crippen LogP contribution in [0, 0.1) is 0 Å². The number of rotatable bonds is 3. The van der Waals surface area contributed by atoms with Crippen LogP contribution in [0.5, 0.6) is 0 Å². The monoisotopic (exact) mass is 246 g/mol. The summed E-state index contributed by atoms with van der Waals surface area (Å²) in [5.41, 5.74) is 0. The molecule has 1 aliphatic rings. The summed E-state index contributed by atoms with van der Waals surface area (Å²) in [4.78, 5) is 0.106. The summed E-state index contributed by atoms with van der Waals surface area (Å²) in [6.07, 6.45) is 1.90. The van der Waals surface area contributed by atoms with Gasteiger partial charge in [-0.2, -0.15) is 9.40 Å². The number of nitrogens with one attached hydrogen (secondary N) is 2. The standard InChI is InChI=1S/C8H14N4O3S/c1-12(7-4-9-5-8(7)13)16(14,15)6-2-10-11-3-6/h2-3,7-9,13H,4-5H2,1H3,(H,10,11)/t7-,8-/m1/s1. The molecule has 0 saturated carbocycles. The molecule has 0 unspecified atom stereocenters. The average Bonchev–Trinajstić information content (AvgIpc) is 2.86. The second kappa shape index (κ2) is 4.13. The van der Waals surface area contributed by atoms with Crippen LogP contribution >= 0.6 is 0 Å². The lowest BCUT2D eigenvalue weighted by molar-refractivity contribution is 0.136. The molecular weight excluding hydrogens is 232 g/mol. The van der Waals surface area contributed by atoms with Crippen molar-refractivity contribution in [3.05, 3.63) is 12.4 Å². The van der Waals surface area contributed by atoms with Crippen molar-refractivity contribution < 1.29 is 13.5 Å². The van der Waals surface area contributed by atoms with E-state index in [0.29, 0.717) is 13.1 Å². The minimum Gasteiger partial charge on any atom is -0.390 e. The normalized spacial score (nSPS) is 26.4. The molecule has 0 radical (unpaired) electrons. The van der Waals surface area contributed by atoms with Gasteiger partial charge in [0, 0.05) is 26.3 Å². The van der Waals surface area contributed by atoms with E-state index in [4.69, 9.17) is 0 Å². The Labute approximate surface area is 93.5 Å². The Morgan fingerprint density at radius 2 is 2.31 bits per heavy atom. The molecule has 1 aliphatic heterocycles. The van der Waals surface area contributed by atoms with Crippen LogP contribution < -0.4 is 5.32 Å². The van der Waals surface area contributed by atoms with E-state index in [9.17, 15) is 13.5 Å². The fourth-order valence-electron chi connectivity index (χ4n) is 1.75. The number of sulfonamides is 1. The van der Waals surface area contributed by atoms with Crippen molar-refractivity contribution in [2.45, 2.75) is 17.0 Å². The molecule has 8 heteroatoms. The second-order valence-electron chi connectivity index (χ2n) is 3.75. The SMILES string of the molecule is CN([C@@H]1CNC[C@H]1O)S(=O)(=O)c1cn[nH]c1. The molecule has 2 heterocycles. The van der Waals surface area contributed by atoms with Crippen LogP contribution in [0.2, 0.25) is 0 Å².